The van der Waals surface area contributed by atoms with Crippen molar-refractivity contribution >= 4 is 23.2 Å². The molecular formula is C14H21Cl2NO. The molecule has 1 aromatic rings. The zero-order valence-corrected chi connectivity index (χ0v) is 12.6. The maximum atomic E-state index is 9.86. The molecule has 0 aliphatic carbocycles. The lowest BCUT2D eigenvalue weighted by molar-refractivity contribution is 0.119. The lowest BCUT2D eigenvalue weighted by Gasteiger charge is -2.22. The molecule has 0 bridgehead atoms. The van der Waals surface area contributed by atoms with E-state index in [0.717, 1.165) is 12.0 Å². The molecule has 0 amide bonds. The molecule has 1 atom stereocenters. The fourth-order valence-electron chi connectivity index (χ4n) is 1.88. The Morgan fingerprint density at radius 2 is 1.72 bits per heavy atom. The molecule has 0 saturated carbocycles. The molecule has 1 aromatic carbocycles. The van der Waals surface area contributed by atoms with Gasteiger partial charge in [-0.15, -0.1) is 0 Å². The van der Waals surface area contributed by atoms with E-state index in [-0.39, 0.29) is 11.5 Å². The van der Waals surface area contributed by atoms with Crippen molar-refractivity contribution < 1.29 is 5.11 Å². The topological polar surface area (TPSA) is 32.3 Å². The summed E-state index contributed by atoms with van der Waals surface area (Å²) in [6.07, 6.45) is 0.440. The van der Waals surface area contributed by atoms with Crippen LogP contribution < -0.4 is 5.32 Å². The number of hydrogen-bond donors (Lipinski definition) is 2. The van der Waals surface area contributed by atoms with E-state index in [1.54, 1.807) is 6.07 Å². The van der Waals surface area contributed by atoms with Gasteiger partial charge in [-0.2, -0.15) is 0 Å². The number of aliphatic hydroxyl groups is 1. The van der Waals surface area contributed by atoms with Gasteiger partial charge in [-0.05, 0) is 35.6 Å². The Balaban J connectivity index is 2.37. The Kier molecular flexibility index (Phi) is 5.93. The molecule has 18 heavy (non-hydrogen) atoms. The summed E-state index contributed by atoms with van der Waals surface area (Å²) in [5, 5.41) is 14.3. The van der Waals surface area contributed by atoms with Gasteiger partial charge in [0.25, 0.3) is 0 Å². The van der Waals surface area contributed by atoms with Crippen LogP contribution in [0.3, 0.4) is 0 Å². The number of benzene rings is 1. The molecule has 0 heterocycles. The predicted molar refractivity (Wildman–Crippen MR) is 78.2 cm³/mol. The largest absolute Gasteiger partial charge is 0.392 e. The predicted octanol–water partition coefficient (Wildman–Crippen LogP) is 3.88. The first-order valence-electron chi connectivity index (χ1n) is 6.10. The zero-order chi connectivity index (χ0) is 13.8. The Morgan fingerprint density at radius 3 is 2.22 bits per heavy atom. The van der Waals surface area contributed by atoms with E-state index >= 15 is 0 Å². The van der Waals surface area contributed by atoms with Crippen molar-refractivity contribution in [1.82, 2.24) is 5.32 Å². The molecular weight excluding hydrogens is 269 g/mol. The van der Waals surface area contributed by atoms with Crippen molar-refractivity contribution in [3.63, 3.8) is 0 Å². The van der Waals surface area contributed by atoms with Crippen molar-refractivity contribution in [2.45, 2.75) is 39.8 Å². The molecule has 0 aromatic heterocycles. The number of hydrogen-bond acceptors (Lipinski definition) is 2. The minimum Gasteiger partial charge on any atom is -0.392 e. The highest BCUT2D eigenvalue weighted by Crippen LogP contribution is 2.21. The van der Waals surface area contributed by atoms with Gasteiger partial charge in [0.15, 0.2) is 0 Å². The van der Waals surface area contributed by atoms with Gasteiger partial charge in [-0.3, -0.25) is 0 Å². The lowest BCUT2D eigenvalue weighted by Crippen LogP contribution is -2.29. The summed E-state index contributed by atoms with van der Waals surface area (Å²) in [7, 11) is 0. The van der Waals surface area contributed by atoms with Crippen molar-refractivity contribution in [2.24, 2.45) is 5.41 Å². The minimum atomic E-state index is -0.334. The Hall–Kier alpha value is -0.280. The minimum absolute atomic E-state index is 0.139. The second-order valence-electron chi connectivity index (χ2n) is 5.83. The monoisotopic (exact) mass is 289 g/mol. The third-order valence-corrected chi connectivity index (χ3v) is 2.92. The molecule has 4 heteroatoms. The average Bonchev–Trinajstić information content (AvgIpc) is 2.12. The van der Waals surface area contributed by atoms with Crippen LogP contribution in [-0.2, 0) is 6.54 Å². The van der Waals surface area contributed by atoms with E-state index in [2.05, 4.69) is 26.1 Å². The van der Waals surface area contributed by atoms with Crippen LogP contribution in [0.25, 0.3) is 0 Å². The molecule has 0 aliphatic rings. The Morgan fingerprint density at radius 1 is 1.17 bits per heavy atom. The van der Waals surface area contributed by atoms with Gasteiger partial charge in [-0.25, -0.2) is 0 Å². The second kappa shape index (κ2) is 6.76. The molecule has 2 N–H and O–H groups in total. The molecule has 0 radical (unpaired) electrons. The molecule has 0 aliphatic heterocycles. The molecule has 0 fully saturated rings. The van der Waals surface area contributed by atoms with Crippen molar-refractivity contribution in [1.29, 1.82) is 0 Å². The number of nitrogens with one attached hydrogen (secondary N) is 1. The van der Waals surface area contributed by atoms with Gasteiger partial charge in [0.2, 0.25) is 0 Å². The van der Waals surface area contributed by atoms with Gasteiger partial charge in [-0.1, -0.05) is 44.0 Å². The summed E-state index contributed by atoms with van der Waals surface area (Å²) in [5.74, 6) is 0. The third-order valence-electron chi connectivity index (χ3n) is 2.48. The third kappa shape index (κ3) is 6.60. The van der Waals surface area contributed by atoms with E-state index in [4.69, 9.17) is 23.2 Å². The maximum absolute atomic E-state index is 9.86. The molecule has 1 unspecified atom stereocenters. The highest BCUT2D eigenvalue weighted by molar-refractivity contribution is 6.34. The molecule has 0 spiro atoms. The first kappa shape index (κ1) is 15.8. The average molecular weight is 290 g/mol. The molecule has 1 rings (SSSR count). The molecule has 102 valence electrons. The van der Waals surface area contributed by atoms with Crippen LogP contribution in [0.15, 0.2) is 18.2 Å². The van der Waals surface area contributed by atoms with E-state index in [1.807, 2.05) is 12.1 Å². The normalized spacial score (nSPS) is 13.7. The van der Waals surface area contributed by atoms with Gasteiger partial charge < -0.3 is 10.4 Å². The van der Waals surface area contributed by atoms with Crippen molar-refractivity contribution in [3.05, 3.63) is 33.8 Å². The lowest BCUT2D eigenvalue weighted by atomic mass is 9.89. The van der Waals surface area contributed by atoms with E-state index in [1.165, 1.54) is 0 Å². The SMILES string of the molecule is CC(C)(C)CC(O)CNCc1cc(Cl)cc(Cl)c1. The van der Waals surface area contributed by atoms with Crippen LogP contribution in [0.4, 0.5) is 0 Å². The quantitative estimate of drug-likeness (QED) is 0.862. The number of rotatable bonds is 5. The fraction of sp³-hybridized carbons (Fsp3) is 0.571. The maximum Gasteiger partial charge on any atom is 0.0669 e. The van der Waals surface area contributed by atoms with Gasteiger partial charge in [0, 0.05) is 23.1 Å². The summed E-state index contributed by atoms with van der Waals surface area (Å²) in [5.41, 5.74) is 1.16. The number of aliphatic hydroxyl groups excluding tert-OH is 1. The fourth-order valence-corrected chi connectivity index (χ4v) is 2.45. The van der Waals surface area contributed by atoms with E-state index < -0.39 is 0 Å². The zero-order valence-electron chi connectivity index (χ0n) is 11.1. The summed E-state index contributed by atoms with van der Waals surface area (Å²) < 4.78 is 0. The first-order valence-corrected chi connectivity index (χ1v) is 6.85. The Bertz CT molecular complexity index is 368. The van der Waals surface area contributed by atoms with Crippen LogP contribution >= 0.6 is 23.2 Å². The standard InChI is InChI=1S/C14H21Cl2NO/c1-14(2,3)7-13(18)9-17-8-10-4-11(15)6-12(16)5-10/h4-6,13,17-18H,7-9H2,1-3H3. The number of halogens is 2. The van der Waals surface area contributed by atoms with Gasteiger partial charge in [0.05, 0.1) is 6.10 Å². The molecule has 0 saturated heterocycles. The van der Waals surface area contributed by atoms with E-state index in [9.17, 15) is 5.11 Å². The van der Waals surface area contributed by atoms with Crippen molar-refractivity contribution in [3.8, 4) is 0 Å². The van der Waals surface area contributed by atoms with E-state index in [0.29, 0.717) is 23.1 Å². The summed E-state index contributed by atoms with van der Waals surface area (Å²) >= 11 is 11.8. The van der Waals surface area contributed by atoms with Crippen LogP contribution in [-0.4, -0.2) is 17.8 Å². The van der Waals surface area contributed by atoms with Crippen LogP contribution in [0.5, 0.6) is 0 Å². The van der Waals surface area contributed by atoms with Gasteiger partial charge in [0.1, 0.15) is 0 Å². The first-order chi connectivity index (χ1) is 8.26. The highest BCUT2D eigenvalue weighted by atomic mass is 35.5. The smallest absolute Gasteiger partial charge is 0.0669 e. The van der Waals surface area contributed by atoms with Crippen LogP contribution in [0, 0.1) is 5.41 Å². The summed E-state index contributed by atoms with van der Waals surface area (Å²) in [4.78, 5) is 0. The van der Waals surface area contributed by atoms with Gasteiger partial charge >= 0.3 is 0 Å². The van der Waals surface area contributed by atoms with Crippen LogP contribution in [0.1, 0.15) is 32.8 Å². The van der Waals surface area contributed by atoms with Crippen LogP contribution in [0.2, 0.25) is 10.0 Å². The van der Waals surface area contributed by atoms with Crippen molar-refractivity contribution in [2.75, 3.05) is 6.54 Å². The highest BCUT2D eigenvalue weighted by Gasteiger charge is 2.16. The second-order valence-corrected chi connectivity index (χ2v) is 6.70. The Labute approximate surface area is 119 Å². The molecule has 2 nitrogen and oxygen atoms in total. The summed E-state index contributed by atoms with van der Waals surface area (Å²) in [6.45, 7) is 7.58. The summed E-state index contributed by atoms with van der Waals surface area (Å²) in [6, 6.07) is 5.45.